The van der Waals surface area contributed by atoms with E-state index in [9.17, 15) is 9.50 Å². The minimum atomic E-state index is -0.509. The van der Waals surface area contributed by atoms with E-state index in [1.54, 1.807) is 6.07 Å². The van der Waals surface area contributed by atoms with Crippen LogP contribution in [0.25, 0.3) is 0 Å². The van der Waals surface area contributed by atoms with Gasteiger partial charge in [-0.15, -0.1) is 0 Å². The predicted molar refractivity (Wildman–Crippen MR) is 56.7 cm³/mol. The van der Waals surface area contributed by atoms with Crippen LogP contribution in [0, 0.1) is 5.82 Å². The zero-order valence-corrected chi connectivity index (χ0v) is 8.85. The Kier molecular flexibility index (Phi) is 2.79. The fourth-order valence-electron chi connectivity index (χ4n) is 1.75. The summed E-state index contributed by atoms with van der Waals surface area (Å²) in [4.78, 5) is 0. The average molecular weight is 212 g/mol. The highest BCUT2D eigenvalue weighted by molar-refractivity contribution is 7.99. The average Bonchev–Trinajstić information content (AvgIpc) is 2.27. The summed E-state index contributed by atoms with van der Waals surface area (Å²) < 4.78 is 13.0. The molecular weight excluding hydrogens is 199 g/mol. The first kappa shape index (κ1) is 9.99. The molecule has 1 nitrogen and oxygen atoms in total. The van der Waals surface area contributed by atoms with Crippen molar-refractivity contribution in [2.24, 2.45) is 0 Å². The minimum Gasteiger partial charge on any atom is -0.388 e. The van der Waals surface area contributed by atoms with Crippen LogP contribution >= 0.6 is 11.8 Å². The van der Waals surface area contributed by atoms with Crippen molar-refractivity contribution in [1.29, 1.82) is 0 Å². The Morgan fingerprint density at radius 2 is 2.29 bits per heavy atom. The lowest BCUT2D eigenvalue weighted by Gasteiger charge is -2.12. The van der Waals surface area contributed by atoms with Gasteiger partial charge in [-0.3, -0.25) is 0 Å². The standard InChI is InChI=1S/C11H13FOS/c1-7-4-11(13)10-5-9(12)3-2-8(10)6-14-7/h2-3,5,7,11,13H,4,6H2,1H3. The van der Waals surface area contributed by atoms with Crippen molar-refractivity contribution in [3.8, 4) is 0 Å². The summed E-state index contributed by atoms with van der Waals surface area (Å²) in [6, 6.07) is 4.69. The number of hydrogen-bond acceptors (Lipinski definition) is 2. The first-order valence-electron chi connectivity index (χ1n) is 4.75. The van der Waals surface area contributed by atoms with Gasteiger partial charge in [0.2, 0.25) is 0 Å². The molecule has 1 aromatic carbocycles. The maximum Gasteiger partial charge on any atom is 0.123 e. The maximum atomic E-state index is 13.0. The van der Waals surface area contributed by atoms with Crippen LogP contribution in [0.5, 0.6) is 0 Å². The van der Waals surface area contributed by atoms with Gasteiger partial charge < -0.3 is 5.11 Å². The third-order valence-corrected chi connectivity index (χ3v) is 3.78. The van der Waals surface area contributed by atoms with E-state index in [1.165, 1.54) is 12.1 Å². The first-order valence-corrected chi connectivity index (χ1v) is 5.79. The lowest BCUT2D eigenvalue weighted by molar-refractivity contribution is 0.168. The van der Waals surface area contributed by atoms with Gasteiger partial charge in [0.05, 0.1) is 6.10 Å². The van der Waals surface area contributed by atoms with E-state index >= 15 is 0 Å². The zero-order valence-electron chi connectivity index (χ0n) is 8.03. The zero-order chi connectivity index (χ0) is 10.1. The summed E-state index contributed by atoms with van der Waals surface area (Å²) in [5.74, 6) is 0.607. The molecule has 1 N–H and O–H groups in total. The van der Waals surface area contributed by atoms with Crippen LogP contribution in [-0.4, -0.2) is 10.4 Å². The molecular formula is C11H13FOS. The molecule has 0 aliphatic carbocycles. The van der Waals surface area contributed by atoms with Crippen molar-refractivity contribution < 1.29 is 9.50 Å². The van der Waals surface area contributed by atoms with Crippen LogP contribution in [0.1, 0.15) is 30.6 Å². The van der Waals surface area contributed by atoms with E-state index in [0.717, 1.165) is 16.9 Å². The van der Waals surface area contributed by atoms with Crippen molar-refractivity contribution in [1.82, 2.24) is 0 Å². The Balaban J connectivity index is 2.39. The van der Waals surface area contributed by atoms with E-state index in [4.69, 9.17) is 0 Å². The van der Waals surface area contributed by atoms with Gasteiger partial charge in [-0.25, -0.2) is 4.39 Å². The Bertz CT molecular complexity index is 340. The molecule has 1 heterocycles. The van der Waals surface area contributed by atoms with Gasteiger partial charge in [0.25, 0.3) is 0 Å². The fourth-order valence-corrected chi connectivity index (χ4v) is 2.79. The molecule has 76 valence electrons. The predicted octanol–water partition coefficient (Wildman–Crippen LogP) is 2.88. The Labute approximate surface area is 87.3 Å². The third-order valence-electron chi connectivity index (χ3n) is 2.55. The minimum absolute atomic E-state index is 0.262. The second kappa shape index (κ2) is 3.91. The highest BCUT2D eigenvalue weighted by atomic mass is 32.2. The number of thioether (sulfide) groups is 1. The molecule has 0 bridgehead atoms. The smallest absolute Gasteiger partial charge is 0.123 e. The molecule has 0 radical (unpaired) electrons. The fraction of sp³-hybridized carbons (Fsp3) is 0.455. The van der Waals surface area contributed by atoms with Crippen molar-refractivity contribution >= 4 is 11.8 Å². The van der Waals surface area contributed by atoms with E-state index < -0.39 is 6.10 Å². The molecule has 0 saturated heterocycles. The SMILES string of the molecule is CC1CC(O)c2cc(F)ccc2CS1. The molecule has 1 aromatic rings. The lowest BCUT2D eigenvalue weighted by Crippen LogP contribution is -2.03. The maximum absolute atomic E-state index is 13.0. The Hall–Kier alpha value is -0.540. The molecule has 0 amide bonds. The van der Waals surface area contributed by atoms with E-state index in [-0.39, 0.29) is 5.82 Å². The molecule has 14 heavy (non-hydrogen) atoms. The number of benzene rings is 1. The normalized spacial score (nSPS) is 26.8. The van der Waals surface area contributed by atoms with Gasteiger partial charge in [0.15, 0.2) is 0 Å². The molecule has 0 spiro atoms. The third kappa shape index (κ3) is 1.93. The number of aliphatic hydroxyl groups excluding tert-OH is 1. The van der Waals surface area contributed by atoms with Gasteiger partial charge in [-0.2, -0.15) is 11.8 Å². The van der Waals surface area contributed by atoms with Crippen LogP contribution in [0.4, 0.5) is 4.39 Å². The van der Waals surface area contributed by atoms with Crippen LogP contribution < -0.4 is 0 Å². The summed E-state index contributed by atoms with van der Waals surface area (Å²) in [6.07, 6.45) is 0.201. The number of halogens is 1. The van der Waals surface area contributed by atoms with Crippen molar-refractivity contribution in [3.05, 3.63) is 35.1 Å². The van der Waals surface area contributed by atoms with Crippen LogP contribution in [-0.2, 0) is 5.75 Å². The van der Waals surface area contributed by atoms with Crippen molar-refractivity contribution in [2.45, 2.75) is 30.5 Å². The van der Waals surface area contributed by atoms with Crippen LogP contribution in [0.3, 0.4) is 0 Å². The van der Waals surface area contributed by atoms with Gasteiger partial charge in [-0.05, 0) is 29.7 Å². The van der Waals surface area contributed by atoms with Crippen molar-refractivity contribution in [3.63, 3.8) is 0 Å². The monoisotopic (exact) mass is 212 g/mol. The second-order valence-electron chi connectivity index (χ2n) is 3.72. The summed E-state index contributed by atoms with van der Waals surface area (Å²) in [5, 5.41) is 10.3. The molecule has 2 rings (SSSR count). The van der Waals surface area contributed by atoms with Gasteiger partial charge in [0.1, 0.15) is 5.82 Å². The van der Waals surface area contributed by atoms with Crippen LogP contribution in [0.2, 0.25) is 0 Å². The largest absolute Gasteiger partial charge is 0.388 e. The highest BCUT2D eigenvalue weighted by Gasteiger charge is 2.20. The first-order chi connectivity index (χ1) is 6.66. The van der Waals surface area contributed by atoms with E-state index in [1.807, 2.05) is 11.8 Å². The summed E-state index contributed by atoms with van der Waals surface area (Å²) in [6.45, 7) is 2.09. The second-order valence-corrected chi connectivity index (χ2v) is 5.14. The number of hydrogen-bond donors (Lipinski definition) is 1. The lowest BCUT2D eigenvalue weighted by atomic mass is 10.0. The summed E-state index contributed by atoms with van der Waals surface area (Å²) >= 11 is 1.81. The van der Waals surface area contributed by atoms with E-state index in [2.05, 4.69) is 6.92 Å². The number of aliphatic hydroxyl groups is 1. The topological polar surface area (TPSA) is 20.2 Å². The molecule has 2 atom stereocenters. The van der Waals surface area contributed by atoms with Gasteiger partial charge >= 0.3 is 0 Å². The Morgan fingerprint density at radius 3 is 3.07 bits per heavy atom. The summed E-state index contributed by atoms with van der Waals surface area (Å²) in [7, 11) is 0. The molecule has 0 fully saturated rings. The molecule has 0 saturated carbocycles. The number of rotatable bonds is 0. The molecule has 2 unspecified atom stereocenters. The molecule has 0 aromatic heterocycles. The molecule has 3 heteroatoms. The Morgan fingerprint density at radius 1 is 1.50 bits per heavy atom. The quantitative estimate of drug-likeness (QED) is 0.713. The molecule has 1 aliphatic rings. The highest BCUT2D eigenvalue weighted by Crippen LogP contribution is 2.34. The summed E-state index contributed by atoms with van der Waals surface area (Å²) in [5.41, 5.74) is 1.83. The van der Waals surface area contributed by atoms with Gasteiger partial charge in [0, 0.05) is 11.0 Å². The van der Waals surface area contributed by atoms with Crippen molar-refractivity contribution in [2.75, 3.05) is 0 Å². The van der Waals surface area contributed by atoms with E-state index in [0.29, 0.717) is 11.7 Å². The van der Waals surface area contributed by atoms with Gasteiger partial charge in [-0.1, -0.05) is 13.0 Å². The van der Waals surface area contributed by atoms with Crippen LogP contribution in [0.15, 0.2) is 18.2 Å². The molecule has 1 aliphatic heterocycles. The number of fused-ring (bicyclic) bond motifs is 1.